The first-order valence-corrected chi connectivity index (χ1v) is 14.6. The molecule has 0 radical (unpaired) electrons. The van der Waals surface area contributed by atoms with Crippen LogP contribution in [0.3, 0.4) is 0 Å². The molecular formula is C31H27FN4O4S. The number of rotatable bonds is 7. The SMILES string of the molecule is COc1cc(C2=CC=C2)ccc1N1CCN(C(=O)c2ccc(NS(=O)(=O)c3cccc4cccnc34)c(F)c2)CC1. The van der Waals surface area contributed by atoms with E-state index in [2.05, 4.69) is 20.7 Å². The first-order chi connectivity index (χ1) is 19.8. The Bertz CT molecular complexity index is 1820. The van der Waals surface area contributed by atoms with Crippen LogP contribution in [0.25, 0.3) is 16.5 Å². The Hall–Kier alpha value is -4.70. The summed E-state index contributed by atoms with van der Waals surface area (Å²) in [6.45, 7) is 2.07. The lowest BCUT2D eigenvalue weighted by Gasteiger charge is -2.36. The number of halogens is 1. The number of ether oxygens (including phenoxy) is 1. The topological polar surface area (TPSA) is 91.8 Å². The van der Waals surface area contributed by atoms with Crippen LogP contribution in [0, 0.1) is 5.82 Å². The number of hydrogen-bond acceptors (Lipinski definition) is 6. The number of aromatic nitrogens is 1. The van der Waals surface area contributed by atoms with Crippen LogP contribution < -0.4 is 14.4 Å². The number of carbonyl (C=O) groups is 1. The second-order valence-corrected chi connectivity index (χ2v) is 11.4. The van der Waals surface area contributed by atoms with E-state index in [1.807, 2.05) is 30.4 Å². The molecule has 1 amide bonds. The van der Waals surface area contributed by atoms with Gasteiger partial charge in [-0.3, -0.25) is 14.5 Å². The highest BCUT2D eigenvalue weighted by atomic mass is 32.2. The standard InChI is InChI=1S/C31H27FN4O4S/c1-40-28-20-23(21-5-2-6-21)11-13-27(28)35-15-17-36(18-16-35)31(37)24-10-12-26(25(32)19-24)34-41(38,39)29-9-3-7-22-8-4-14-33-30(22)29/h2-14,19-20,34H,15-18H2,1H3. The zero-order valence-electron chi connectivity index (χ0n) is 22.2. The molecule has 6 rings (SSSR count). The van der Waals surface area contributed by atoms with Crippen LogP contribution in [-0.2, 0) is 10.0 Å². The largest absolute Gasteiger partial charge is 0.495 e. The van der Waals surface area contributed by atoms with Crippen molar-refractivity contribution in [1.29, 1.82) is 0 Å². The molecule has 4 aromatic rings. The lowest BCUT2D eigenvalue weighted by Crippen LogP contribution is -2.48. The van der Waals surface area contributed by atoms with E-state index in [4.69, 9.17) is 4.74 Å². The summed E-state index contributed by atoms with van der Waals surface area (Å²) in [6.07, 6.45) is 7.59. The molecule has 208 valence electrons. The van der Waals surface area contributed by atoms with Crippen LogP contribution in [0.2, 0.25) is 0 Å². The fourth-order valence-corrected chi connectivity index (χ4v) is 6.31. The minimum absolute atomic E-state index is 0.0590. The number of sulfonamides is 1. The van der Waals surface area contributed by atoms with Crippen molar-refractivity contribution < 1.29 is 22.3 Å². The van der Waals surface area contributed by atoms with Crippen LogP contribution in [-0.4, -0.2) is 57.5 Å². The molecule has 1 aliphatic heterocycles. The summed E-state index contributed by atoms with van der Waals surface area (Å²) in [4.78, 5) is 21.1. The highest BCUT2D eigenvalue weighted by Crippen LogP contribution is 2.34. The maximum absolute atomic E-state index is 15.1. The summed E-state index contributed by atoms with van der Waals surface area (Å²) < 4.78 is 49.2. The number of nitrogens with zero attached hydrogens (tertiary/aromatic N) is 3. The molecule has 2 heterocycles. The third kappa shape index (κ3) is 5.14. The van der Waals surface area contributed by atoms with Gasteiger partial charge in [-0.1, -0.05) is 42.5 Å². The van der Waals surface area contributed by atoms with Crippen molar-refractivity contribution in [3.05, 3.63) is 108 Å². The van der Waals surface area contributed by atoms with E-state index < -0.39 is 15.8 Å². The maximum Gasteiger partial charge on any atom is 0.264 e. The summed E-state index contributed by atoms with van der Waals surface area (Å²) in [6, 6.07) is 18.1. The van der Waals surface area contributed by atoms with Crippen molar-refractivity contribution in [2.24, 2.45) is 0 Å². The molecular weight excluding hydrogens is 543 g/mol. The smallest absolute Gasteiger partial charge is 0.264 e. The van der Waals surface area contributed by atoms with Gasteiger partial charge in [-0.15, -0.1) is 0 Å². The summed E-state index contributed by atoms with van der Waals surface area (Å²) in [7, 11) is -2.49. The zero-order valence-corrected chi connectivity index (χ0v) is 23.1. The van der Waals surface area contributed by atoms with Gasteiger partial charge in [-0.05, 0) is 53.6 Å². The molecule has 2 aliphatic rings. The van der Waals surface area contributed by atoms with Crippen molar-refractivity contribution in [2.45, 2.75) is 4.90 Å². The van der Waals surface area contributed by atoms with Gasteiger partial charge in [0.15, 0.2) is 0 Å². The number of anilines is 2. The lowest BCUT2D eigenvalue weighted by atomic mass is 9.98. The number of pyridine rings is 1. The highest BCUT2D eigenvalue weighted by molar-refractivity contribution is 7.93. The Morgan fingerprint density at radius 2 is 1.78 bits per heavy atom. The average Bonchev–Trinajstić information content (AvgIpc) is 2.96. The van der Waals surface area contributed by atoms with Crippen LogP contribution in [0.4, 0.5) is 15.8 Å². The van der Waals surface area contributed by atoms with Gasteiger partial charge < -0.3 is 14.5 Å². The number of para-hydroxylation sites is 1. The van der Waals surface area contributed by atoms with E-state index in [1.165, 1.54) is 24.4 Å². The van der Waals surface area contributed by atoms with Gasteiger partial charge in [0.05, 0.1) is 24.0 Å². The molecule has 0 atom stereocenters. The van der Waals surface area contributed by atoms with Gasteiger partial charge in [0.2, 0.25) is 0 Å². The summed E-state index contributed by atoms with van der Waals surface area (Å²) in [5, 5.41) is 0.649. The number of nitrogens with one attached hydrogen (secondary N) is 1. The quantitative estimate of drug-likeness (QED) is 0.333. The molecule has 0 spiro atoms. The zero-order chi connectivity index (χ0) is 28.6. The number of fused-ring (bicyclic) bond motifs is 1. The second kappa shape index (κ2) is 10.7. The molecule has 1 saturated heterocycles. The van der Waals surface area contributed by atoms with Crippen molar-refractivity contribution in [1.82, 2.24) is 9.88 Å². The molecule has 8 nitrogen and oxygen atoms in total. The Balaban J connectivity index is 1.13. The van der Waals surface area contributed by atoms with Crippen LogP contribution in [0.15, 0.2) is 96.1 Å². The predicted octanol–water partition coefficient (Wildman–Crippen LogP) is 5.10. The molecule has 0 unspecified atom stereocenters. The molecule has 0 saturated carbocycles. The lowest BCUT2D eigenvalue weighted by molar-refractivity contribution is 0.0746. The Morgan fingerprint density at radius 3 is 2.49 bits per heavy atom. The maximum atomic E-state index is 15.1. The van der Waals surface area contributed by atoms with Gasteiger partial charge in [0, 0.05) is 43.3 Å². The minimum Gasteiger partial charge on any atom is -0.495 e. The number of allylic oxidation sites excluding steroid dienone is 4. The Morgan fingerprint density at radius 1 is 1.00 bits per heavy atom. The minimum atomic E-state index is -4.13. The monoisotopic (exact) mass is 570 g/mol. The fraction of sp³-hybridized carbons (Fsp3) is 0.161. The number of piperazine rings is 1. The van der Waals surface area contributed by atoms with E-state index in [0.717, 1.165) is 28.6 Å². The molecule has 1 N–H and O–H groups in total. The van der Waals surface area contributed by atoms with Crippen LogP contribution in [0.5, 0.6) is 5.75 Å². The van der Waals surface area contributed by atoms with Crippen LogP contribution >= 0.6 is 0 Å². The first-order valence-electron chi connectivity index (χ1n) is 13.1. The van der Waals surface area contributed by atoms with Crippen molar-refractivity contribution in [3.63, 3.8) is 0 Å². The number of amides is 1. The predicted molar refractivity (Wildman–Crippen MR) is 157 cm³/mol. The third-order valence-corrected chi connectivity index (χ3v) is 8.71. The van der Waals surface area contributed by atoms with Gasteiger partial charge in [-0.25, -0.2) is 12.8 Å². The Labute approximate surface area is 237 Å². The Kier molecular flexibility index (Phi) is 6.92. The number of methoxy groups -OCH3 is 1. The highest BCUT2D eigenvalue weighted by Gasteiger charge is 2.26. The van der Waals surface area contributed by atoms with E-state index >= 15 is 4.39 Å². The molecule has 1 aliphatic carbocycles. The van der Waals surface area contributed by atoms with Gasteiger partial charge >= 0.3 is 0 Å². The third-order valence-electron chi connectivity index (χ3n) is 7.32. The molecule has 0 bridgehead atoms. The molecule has 10 heteroatoms. The normalized spacial score (nSPS) is 14.9. The van der Waals surface area contributed by atoms with Crippen molar-refractivity contribution in [2.75, 3.05) is 42.9 Å². The molecule has 1 fully saturated rings. The summed E-state index contributed by atoms with van der Waals surface area (Å²) >= 11 is 0. The summed E-state index contributed by atoms with van der Waals surface area (Å²) in [5.41, 5.74) is 3.38. The molecule has 1 aromatic heterocycles. The van der Waals surface area contributed by atoms with E-state index in [9.17, 15) is 13.2 Å². The molecule has 3 aromatic carbocycles. The van der Waals surface area contributed by atoms with E-state index in [1.54, 1.807) is 36.3 Å². The summed E-state index contributed by atoms with van der Waals surface area (Å²) in [5.74, 6) is -0.391. The van der Waals surface area contributed by atoms with E-state index in [-0.39, 0.29) is 27.6 Å². The van der Waals surface area contributed by atoms with Crippen LogP contribution in [0.1, 0.15) is 15.9 Å². The second-order valence-electron chi connectivity index (χ2n) is 9.78. The molecule has 41 heavy (non-hydrogen) atoms. The van der Waals surface area contributed by atoms with Gasteiger partial charge in [0.25, 0.3) is 15.9 Å². The average molecular weight is 571 g/mol. The first kappa shape index (κ1) is 26.5. The number of carbonyl (C=O) groups excluding carboxylic acids is 1. The van der Waals surface area contributed by atoms with Crippen molar-refractivity contribution >= 4 is 43.8 Å². The van der Waals surface area contributed by atoms with E-state index in [0.29, 0.717) is 31.6 Å². The number of hydrogen-bond donors (Lipinski definition) is 1. The van der Waals surface area contributed by atoms with Gasteiger partial charge in [-0.2, -0.15) is 0 Å². The van der Waals surface area contributed by atoms with Gasteiger partial charge in [0.1, 0.15) is 16.5 Å². The number of benzene rings is 3. The fourth-order valence-electron chi connectivity index (χ4n) is 5.06. The van der Waals surface area contributed by atoms with Crippen molar-refractivity contribution in [3.8, 4) is 5.75 Å².